The molecule has 0 aromatic heterocycles. The van der Waals surface area contributed by atoms with E-state index in [9.17, 15) is 9.90 Å². The Kier molecular flexibility index (Phi) is 4.65. The molecule has 0 bridgehead atoms. The van der Waals surface area contributed by atoms with Crippen molar-refractivity contribution >= 4 is 5.91 Å². The minimum atomic E-state index is 0.170. The van der Waals surface area contributed by atoms with E-state index in [-0.39, 0.29) is 5.91 Å². The molecule has 0 unspecified atom stereocenters. The lowest BCUT2D eigenvalue weighted by Gasteiger charge is -2.21. The van der Waals surface area contributed by atoms with Crippen molar-refractivity contribution in [2.24, 2.45) is 0 Å². The molecule has 4 heteroatoms. The predicted octanol–water partition coefficient (Wildman–Crippen LogP) is 2.06. The van der Waals surface area contributed by atoms with E-state index in [1.165, 1.54) is 5.56 Å². The van der Waals surface area contributed by atoms with E-state index in [4.69, 9.17) is 0 Å². The van der Waals surface area contributed by atoms with Gasteiger partial charge in [-0.1, -0.05) is 12.1 Å². The monoisotopic (exact) mass is 276 g/mol. The van der Waals surface area contributed by atoms with E-state index in [2.05, 4.69) is 17.0 Å². The Balaban J connectivity index is 2.02. The van der Waals surface area contributed by atoms with E-state index >= 15 is 0 Å². The first-order valence-corrected chi connectivity index (χ1v) is 7.24. The summed E-state index contributed by atoms with van der Waals surface area (Å²) in [5, 5.41) is 9.82. The lowest BCUT2D eigenvalue weighted by Crippen LogP contribution is -2.33. The molecule has 1 aliphatic rings. The van der Waals surface area contributed by atoms with E-state index in [0.29, 0.717) is 5.75 Å². The second kappa shape index (κ2) is 6.27. The molecular formula is C16H24N2O2. The van der Waals surface area contributed by atoms with Crippen molar-refractivity contribution in [1.82, 2.24) is 9.80 Å². The quantitative estimate of drug-likeness (QED) is 0.899. The number of aryl methyl sites for hydroxylation is 2. The van der Waals surface area contributed by atoms with Gasteiger partial charge < -0.3 is 10.0 Å². The summed E-state index contributed by atoms with van der Waals surface area (Å²) in [6.07, 6.45) is 1.02. The Morgan fingerprint density at radius 2 is 1.80 bits per heavy atom. The van der Waals surface area contributed by atoms with E-state index < -0.39 is 0 Å². The number of benzene rings is 1. The molecule has 1 heterocycles. The Hall–Kier alpha value is -1.55. The van der Waals surface area contributed by atoms with Gasteiger partial charge in [-0.25, -0.2) is 0 Å². The molecule has 1 aromatic rings. The molecule has 0 spiro atoms. The van der Waals surface area contributed by atoms with Gasteiger partial charge >= 0.3 is 0 Å². The van der Waals surface area contributed by atoms with Crippen LogP contribution in [0.2, 0.25) is 0 Å². The minimum absolute atomic E-state index is 0.170. The minimum Gasteiger partial charge on any atom is -0.507 e. The van der Waals surface area contributed by atoms with Gasteiger partial charge in [0.25, 0.3) is 0 Å². The van der Waals surface area contributed by atoms with Gasteiger partial charge in [0, 0.05) is 39.6 Å². The Bertz CT molecular complexity index is 476. The summed E-state index contributed by atoms with van der Waals surface area (Å²) >= 11 is 0. The van der Waals surface area contributed by atoms with Gasteiger partial charge in [-0.2, -0.15) is 0 Å². The van der Waals surface area contributed by atoms with Crippen LogP contribution in [0.25, 0.3) is 0 Å². The molecule has 1 amide bonds. The fourth-order valence-electron chi connectivity index (χ4n) is 2.84. The zero-order valence-electron chi connectivity index (χ0n) is 12.6. The third-order valence-corrected chi connectivity index (χ3v) is 3.99. The zero-order chi connectivity index (χ0) is 14.7. The largest absolute Gasteiger partial charge is 0.507 e. The van der Waals surface area contributed by atoms with Gasteiger partial charge in [0.2, 0.25) is 5.91 Å². The number of hydrogen-bond donors (Lipinski definition) is 1. The molecule has 1 aliphatic heterocycles. The molecule has 4 nitrogen and oxygen atoms in total. The third kappa shape index (κ3) is 3.51. The highest BCUT2D eigenvalue weighted by Crippen LogP contribution is 2.23. The van der Waals surface area contributed by atoms with Crippen molar-refractivity contribution in [3.8, 4) is 5.75 Å². The SMILES string of the molecule is CC(=O)N1CCCN(Cc2cc(C)c(O)c(C)c2)CC1. The summed E-state index contributed by atoms with van der Waals surface area (Å²) in [5.74, 6) is 0.565. The summed E-state index contributed by atoms with van der Waals surface area (Å²) < 4.78 is 0. The van der Waals surface area contributed by atoms with Crippen molar-refractivity contribution in [1.29, 1.82) is 0 Å². The smallest absolute Gasteiger partial charge is 0.219 e. The summed E-state index contributed by atoms with van der Waals surface area (Å²) in [7, 11) is 0. The van der Waals surface area contributed by atoms with Crippen molar-refractivity contribution in [2.45, 2.75) is 33.7 Å². The second-order valence-electron chi connectivity index (χ2n) is 5.71. The molecule has 1 aromatic carbocycles. The molecule has 1 saturated heterocycles. The highest BCUT2D eigenvalue weighted by Gasteiger charge is 2.17. The van der Waals surface area contributed by atoms with Crippen molar-refractivity contribution < 1.29 is 9.90 Å². The molecule has 20 heavy (non-hydrogen) atoms. The fourth-order valence-corrected chi connectivity index (χ4v) is 2.84. The lowest BCUT2D eigenvalue weighted by atomic mass is 10.1. The van der Waals surface area contributed by atoms with E-state index in [1.54, 1.807) is 6.92 Å². The third-order valence-electron chi connectivity index (χ3n) is 3.99. The van der Waals surface area contributed by atoms with Crippen molar-refractivity contribution in [3.63, 3.8) is 0 Å². The summed E-state index contributed by atoms with van der Waals surface area (Å²) in [4.78, 5) is 15.7. The highest BCUT2D eigenvalue weighted by atomic mass is 16.3. The van der Waals surface area contributed by atoms with E-state index in [1.807, 2.05) is 18.7 Å². The Morgan fingerprint density at radius 1 is 1.15 bits per heavy atom. The molecule has 0 saturated carbocycles. The molecule has 1 fully saturated rings. The number of phenolic OH excluding ortho intramolecular Hbond substituents is 1. The number of nitrogens with zero attached hydrogens (tertiary/aromatic N) is 2. The first kappa shape index (κ1) is 14.9. The van der Waals surface area contributed by atoms with Gasteiger partial charge in [-0.05, 0) is 37.0 Å². The normalized spacial score (nSPS) is 17.1. The van der Waals surface area contributed by atoms with Gasteiger partial charge in [-0.3, -0.25) is 9.69 Å². The van der Waals surface area contributed by atoms with Crippen LogP contribution in [0.3, 0.4) is 0 Å². The van der Waals surface area contributed by atoms with Crippen molar-refractivity contribution in [3.05, 3.63) is 28.8 Å². The maximum Gasteiger partial charge on any atom is 0.219 e. The van der Waals surface area contributed by atoms with Gasteiger partial charge in [0.1, 0.15) is 5.75 Å². The molecule has 0 atom stereocenters. The first-order valence-electron chi connectivity index (χ1n) is 7.24. The van der Waals surface area contributed by atoms with Crippen LogP contribution in [0, 0.1) is 13.8 Å². The number of amides is 1. The molecule has 0 radical (unpaired) electrons. The van der Waals surface area contributed by atoms with Gasteiger partial charge in [0.15, 0.2) is 0 Å². The zero-order valence-corrected chi connectivity index (χ0v) is 12.6. The summed E-state index contributed by atoms with van der Waals surface area (Å²) in [6.45, 7) is 10.00. The van der Waals surface area contributed by atoms with Crippen LogP contribution in [0.5, 0.6) is 5.75 Å². The highest BCUT2D eigenvalue weighted by molar-refractivity contribution is 5.73. The number of carbonyl (C=O) groups is 1. The topological polar surface area (TPSA) is 43.8 Å². The fraction of sp³-hybridized carbons (Fsp3) is 0.562. The molecular weight excluding hydrogens is 252 g/mol. The Morgan fingerprint density at radius 3 is 2.40 bits per heavy atom. The van der Waals surface area contributed by atoms with Crippen LogP contribution in [0.4, 0.5) is 0 Å². The molecule has 1 N–H and O–H groups in total. The molecule has 2 rings (SSSR count). The van der Waals surface area contributed by atoms with Crippen LogP contribution in [-0.4, -0.2) is 47.0 Å². The summed E-state index contributed by atoms with van der Waals surface area (Å²) in [6, 6.07) is 4.10. The number of rotatable bonds is 2. The van der Waals surface area contributed by atoms with Crippen LogP contribution in [0.1, 0.15) is 30.0 Å². The van der Waals surface area contributed by atoms with Crippen LogP contribution >= 0.6 is 0 Å². The number of hydrogen-bond acceptors (Lipinski definition) is 3. The average molecular weight is 276 g/mol. The number of aromatic hydroxyl groups is 1. The number of phenols is 1. The maximum absolute atomic E-state index is 11.4. The molecule has 110 valence electrons. The average Bonchev–Trinajstić information content (AvgIpc) is 2.61. The second-order valence-corrected chi connectivity index (χ2v) is 5.71. The maximum atomic E-state index is 11.4. The van der Waals surface area contributed by atoms with Crippen molar-refractivity contribution in [2.75, 3.05) is 26.2 Å². The predicted molar refractivity (Wildman–Crippen MR) is 79.7 cm³/mol. The standard InChI is InChI=1S/C16H24N2O2/c1-12-9-15(10-13(2)16(12)20)11-17-5-4-6-18(8-7-17)14(3)19/h9-10,20H,4-8,11H2,1-3H3. The Labute approximate surface area is 121 Å². The van der Waals surface area contributed by atoms with Gasteiger partial charge in [-0.15, -0.1) is 0 Å². The van der Waals surface area contributed by atoms with E-state index in [0.717, 1.165) is 50.3 Å². The summed E-state index contributed by atoms with van der Waals surface area (Å²) in [5.41, 5.74) is 3.09. The lowest BCUT2D eigenvalue weighted by molar-refractivity contribution is -0.128. The number of carbonyl (C=O) groups excluding carboxylic acids is 1. The van der Waals surface area contributed by atoms with Gasteiger partial charge in [0.05, 0.1) is 0 Å². The van der Waals surface area contributed by atoms with Crippen LogP contribution in [0.15, 0.2) is 12.1 Å². The van der Waals surface area contributed by atoms with Crippen LogP contribution < -0.4 is 0 Å². The van der Waals surface area contributed by atoms with Crippen LogP contribution in [-0.2, 0) is 11.3 Å². The molecule has 0 aliphatic carbocycles. The first-order chi connectivity index (χ1) is 9.47.